The molecule has 4 amide bonds. The fraction of sp³-hybridized carbons (Fsp3) is 0.600. The van der Waals surface area contributed by atoms with Gasteiger partial charge in [0.25, 0.3) is 0 Å². The molecule has 0 aromatic heterocycles. The molecule has 0 saturated heterocycles. The van der Waals surface area contributed by atoms with Gasteiger partial charge in [0.15, 0.2) is 0 Å². The van der Waals surface area contributed by atoms with Crippen LogP contribution in [0.4, 0.5) is 0 Å². The molecule has 0 bridgehead atoms. The minimum Gasteiger partial charge on any atom is -0.481 e. The lowest BCUT2D eigenvalue weighted by Gasteiger charge is -2.23. The molecule has 15 heteroatoms. The average molecular weight is 451 g/mol. The summed E-state index contributed by atoms with van der Waals surface area (Å²) in [5.74, 6) is -6.99. The van der Waals surface area contributed by atoms with E-state index in [2.05, 4.69) is 17.9 Å². The zero-order valence-corrected chi connectivity index (χ0v) is 16.6. The van der Waals surface area contributed by atoms with Gasteiger partial charge in [-0.1, -0.05) is 0 Å². The fourth-order valence-corrected chi connectivity index (χ4v) is 2.26. The highest BCUT2D eigenvalue weighted by molar-refractivity contribution is 7.80. The second-order valence-electron chi connectivity index (χ2n) is 6.10. The quantitative estimate of drug-likeness (QED) is 0.114. The van der Waals surface area contributed by atoms with Crippen molar-refractivity contribution in [2.75, 3.05) is 12.4 Å². The van der Waals surface area contributed by atoms with Crippen molar-refractivity contribution in [2.24, 2.45) is 11.5 Å². The Balaban J connectivity index is 5.16. The van der Waals surface area contributed by atoms with Crippen molar-refractivity contribution in [3.8, 4) is 0 Å². The zero-order valence-electron chi connectivity index (χ0n) is 15.7. The van der Waals surface area contributed by atoms with E-state index in [1.54, 1.807) is 0 Å². The molecular weight excluding hydrogens is 426 g/mol. The molecule has 30 heavy (non-hydrogen) atoms. The molecule has 170 valence electrons. The first-order chi connectivity index (χ1) is 13.9. The first kappa shape index (κ1) is 27.1. The van der Waals surface area contributed by atoms with Crippen LogP contribution in [0, 0.1) is 0 Å². The lowest BCUT2D eigenvalue weighted by Crippen LogP contribution is -2.58. The Bertz CT molecular complexity index is 675. The van der Waals surface area contributed by atoms with Crippen molar-refractivity contribution < 1.29 is 44.1 Å². The van der Waals surface area contributed by atoms with Gasteiger partial charge in [0.05, 0.1) is 19.1 Å². The van der Waals surface area contributed by atoms with E-state index in [1.807, 2.05) is 10.6 Å². The largest absolute Gasteiger partial charge is 0.481 e. The van der Waals surface area contributed by atoms with Gasteiger partial charge in [-0.25, -0.2) is 4.79 Å². The number of carbonyl (C=O) groups excluding carboxylic acids is 4. The molecule has 0 fully saturated rings. The van der Waals surface area contributed by atoms with Gasteiger partial charge in [-0.2, -0.15) is 12.6 Å². The van der Waals surface area contributed by atoms with E-state index in [-0.39, 0.29) is 18.6 Å². The molecule has 0 rings (SSSR count). The first-order valence-corrected chi connectivity index (χ1v) is 9.17. The maximum atomic E-state index is 12.3. The lowest BCUT2D eigenvalue weighted by atomic mass is 10.1. The Morgan fingerprint density at radius 3 is 1.80 bits per heavy atom. The Kier molecular flexibility index (Phi) is 12.0. The number of nitrogens with one attached hydrogen (secondary N) is 3. The molecular formula is C15H25N5O9S. The maximum absolute atomic E-state index is 12.3. The molecule has 0 aromatic carbocycles. The number of aliphatic hydroxyl groups is 1. The van der Waals surface area contributed by atoms with E-state index in [0.717, 1.165) is 0 Å². The highest BCUT2D eigenvalue weighted by Crippen LogP contribution is 2.00. The summed E-state index contributed by atoms with van der Waals surface area (Å²) in [5.41, 5.74) is 10.5. The second-order valence-corrected chi connectivity index (χ2v) is 6.46. The van der Waals surface area contributed by atoms with Crippen molar-refractivity contribution in [1.82, 2.24) is 16.0 Å². The number of carboxylic acids is 2. The number of amides is 4. The van der Waals surface area contributed by atoms with Crippen molar-refractivity contribution in [2.45, 2.75) is 43.4 Å². The third-order valence-electron chi connectivity index (χ3n) is 3.66. The van der Waals surface area contributed by atoms with Crippen LogP contribution in [0.3, 0.4) is 0 Å². The summed E-state index contributed by atoms with van der Waals surface area (Å²) in [6.07, 6.45) is -1.24. The SMILES string of the molecule is NC(=O)CCC(N)C(=O)NC(CC(=O)O)C(=O)NC(CO)C(=O)NC(CS)C(=O)O. The summed E-state index contributed by atoms with van der Waals surface area (Å²) < 4.78 is 0. The van der Waals surface area contributed by atoms with Crippen molar-refractivity contribution in [3.05, 3.63) is 0 Å². The van der Waals surface area contributed by atoms with Gasteiger partial charge in [0, 0.05) is 12.2 Å². The number of thiol groups is 1. The molecule has 0 spiro atoms. The molecule has 0 heterocycles. The number of hydrogen-bond acceptors (Lipinski definition) is 9. The molecule has 4 atom stereocenters. The summed E-state index contributed by atoms with van der Waals surface area (Å²) in [6.45, 7) is -0.942. The monoisotopic (exact) mass is 451 g/mol. The number of carboxylic acid groups (broad SMARTS) is 2. The molecule has 4 unspecified atom stereocenters. The molecule has 0 aliphatic carbocycles. The Morgan fingerprint density at radius 1 is 0.867 bits per heavy atom. The predicted octanol–water partition coefficient (Wildman–Crippen LogP) is -4.48. The third-order valence-corrected chi connectivity index (χ3v) is 4.03. The van der Waals surface area contributed by atoms with E-state index in [4.69, 9.17) is 21.7 Å². The minimum absolute atomic E-state index is 0.148. The van der Waals surface area contributed by atoms with Gasteiger partial charge in [0.1, 0.15) is 18.1 Å². The van der Waals surface area contributed by atoms with Crippen LogP contribution in [0.15, 0.2) is 0 Å². The molecule has 0 saturated carbocycles. The van der Waals surface area contributed by atoms with Gasteiger partial charge in [-0.3, -0.25) is 24.0 Å². The van der Waals surface area contributed by atoms with Crippen LogP contribution >= 0.6 is 12.6 Å². The smallest absolute Gasteiger partial charge is 0.327 e. The number of aliphatic hydroxyl groups excluding tert-OH is 1. The molecule has 0 aromatic rings. The van der Waals surface area contributed by atoms with E-state index in [0.29, 0.717) is 0 Å². The Hall–Kier alpha value is -2.91. The number of nitrogens with two attached hydrogens (primary N) is 2. The highest BCUT2D eigenvalue weighted by Gasteiger charge is 2.30. The van der Waals surface area contributed by atoms with Crippen LogP contribution in [-0.4, -0.2) is 87.4 Å². The number of carbonyl (C=O) groups is 6. The van der Waals surface area contributed by atoms with Crippen LogP contribution in [0.1, 0.15) is 19.3 Å². The van der Waals surface area contributed by atoms with Crippen molar-refractivity contribution in [3.63, 3.8) is 0 Å². The summed E-state index contributed by atoms with van der Waals surface area (Å²) in [7, 11) is 0. The third kappa shape index (κ3) is 10.0. The van der Waals surface area contributed by atoms with Crippen LogP contribution in [0.5, 0.6) is 0 Å². The topological polar surface area (TPSA) is 251 Å². The molecule has 14 nitrogen and oxygen atoms in total. The molecule has 0 aliphatic heterocycles. The Morgan fingerprint density at radius 2 is 1.37 bits per heavy atom. The van der Waals surface area contributed by atoms with E-state index in [1.165, 1.54) is 0 Å². The van der Waals surface area contributed by atoms with Crippen LogP contribution in [0.25, 0.3) is 0 Å². The van der Waals surface area contributed by atoms with E-state index < -0.39 is 72.8 Å². The fourth-order valence-electron chi connectivity index (χ4n) is 2.02. The first-order valence-electron chi connectivity index (χ1n) is 8.54. The molecule has 0 radical (unpaired) electrons. The van der Waals surface area contributed by atoms with Crippen LogP contribution in [-0.2, 0) is 28.8 Å². The highest BCUT2D eigenvalue weighted by atomic mass is 32.1. The number of aliphatic carboxylic acids is 2. The van der Waals surface area contributed by atoms with Gasteiger partial charge in [0.2, 0.25) is 23.6 Å². The number of hydrogen-bond donors (Lipinski definition) is 9. The normalized spacial score (nSPS) is 14.5. The molecule has 10 N–H and O–H groups in total. The summed E-state index contributed by atoms with van der Waals surface area (Å²) in [6, 6.07) is -5.96. The number of rotatable bonds is 14. The zero-order chi connectivity index (χ0) is 23.4. The van der Waals surface area contributed by atoms with Gasteiger partial charge < -0.3 is 42.7 Å². The van der Waals surface area contributed by atoms with Gasteiger partial charge >= 0.3 is 11.9 Å². The lowest BCUT2D eigenvalue weighted by molar-refractivity contribution is -0.143. The van der Waals surface area contributed by atoms with E-state index in [9.17, 15) is 33.9 Å². The minimum atomic E-state index is -1.67. The molecule has 0 aliphatic rings. The Labute approximate surface area is 176 Å². The number of primary amides is 1. The van der Waals surface area contributed by atoms with Crippen molar-refractivity contribution >= 4 is 48.2 Å². The van der Waals surface area contributed by atoms with Crippen molar-refractivity contribution in [1.29, 1.82) is 0 Å². The van der Waals surface area contributed by atoms with Crippen LogP contribution in [0.2, 0.25) is 0 Å². The second kappa shape index (κ2) is 13.3. The maximum Gasteiger partial charge on any atom is 0.327 e. The van der Waals surface area contributed by atoms with Gasteiger partial charge in [-0.15, -0.1) is 0 Å². The average Bonchev–Trinajstić information content (AvgIpc) is 2.66. The predicted molar refractivity (Wildman–Crippen MR) is 103 cm³/mol. The van der Waals surface area contributed by atoms with E-state index >= 15 is 0 Å². The summed E-state index contributed by atoms with van der Waals surface area (Å²) in [4.78, 5) is 69.1. The summed E-state index contributed by atoms with van der Waals surface area (Å²) in [5, 5.41) is 33.3. The van der Waals surface area contributed by atoms with Crippen LogP contribution < -0.4 is 27.4 Å². The summed E-state index contributed by atoms with van der Waals surface area (Å²) >= 11 is 3.76. The standard InChI is InChI=1S/C15H25N5O9S/c16-6(1-2-10(17)22)12(25)18-7(3-11(23)24)13(26)19-8(4-21)14(27)20-9(5-30)15(28)29/h6-9,21,30H,1-5,16H2,(H2,17,22)(H,18,25)(H,19,26)(H,20,27)(H,23,24)(H,28,29). The van der Waals surface area contributed by atoms with Gasteiger partial charge in [-0.05, 0) is 6.42 Å².